The Morgan fingerprint density at radius 2 is 2.24 bits per heavy atom. The Hall–Kier alpha value is -1.11. The fraction of sp³-hybridized carbons (Fsp3) is 0.714. The molecular formula is C14H24ClN5O. The lowest BCUT2D eigenvalue weighted by molar-refractivity contribution is 0.0925. The van der Waals surface area contributed by atoms with Crippen molar-refractivity contribution in [3.63, 3.8) is 0 Å². The monoisotopic (exact) mass is 313 g/mol. The third-order valence-electron chi connectivity index (χ3n) is 3.82. The van der Waals surface area contributed by atoms with E-state index in [1.165, 1.54) is 6.33 Å². The minimum Gasteiger partial charge on any atom is -0.383 e. The highest BCUT2D eigenvalue weighted by Crippen LogP contribution is 2.29. The summed E-state index contributed by atoms with van der Waals surface area (Å²) < 4.78 is 5.44. The summed E-state index contributed by atoms with van der Waals surface area (Å²) in [5.41, 5.74) is 0.800. The maximum atomic E-state index is 6.13. The molecule has 0 saturated carbocycles. The second kappa shape index (κ2) is 7.77. The van der Waals surface area contributed by atoms with E-state index in [9.17, 15) is 0 Å². The van der Waals surface area contributed by atoms with Gasteiger partial charge in [0.05, 0.1) is 6.61 Å². The Balaban J connectivity index is 2.01. The predicted molar refractivity (Wildman–Crippen MR) is 86.3 cm³/mol. The zero-order chi connectivity index (χ0) is 15.2. The van der Waals surface area contributed by atoms with Crippen LogP contribution in [0.2, 0.25) is 5.15 Å². The largest absolute Gasteiger partial charge is 0.383 e. The molecule has 0 bridgehead atoms. The van der Waals surface area contributed by atoms with Gasteiger partial charge < -0.3 is 15.0 Å². The highest BCUT2D eigenvalue weighted by atomic mass is 35.5. The van der Waals surface area contributed by atoms with Gasteiger partial charge in [-0.2, -0.15) is 0 Å². The third kappa shape index (κ3) is 3.96. The summed E-state index contributed by atoms with van der Waals surface area (Å²) in [5, 5.41) is 3.56. The summed E-state index contributed by atoms with van der Waals surface area (Å²) in [5.74, 6) is 0.883. The summed E-state index contributed by atoms with van der Waals surface area (Å²) in [4.78, 5) is 13.1. The first kappa shape index (κ1) is 16.3. The maximum Gasteiger partial charge on any atom is 0.157 e. The van der Waals surface area contributed by atoms with Gasteiger partial charge in [0.2, 0.25) is 0 Å². The number of nitrogens with zero attached hydrogens (tertiary/aromatic N) is 4. The highest BCUT2D eigenvalue weighted by Gasteiger charge is 2.26. The van der Waals surface area contributed by atoms with Crippen LogP contribution in [-0.2, 0) is 4.74 Å². The molecule has 1 aromatic heterocycles. The molecule has 1 fully saturated rings. The number of anilines is 2. The molecule has 7 heteroatoms. The van der Waals surface area contributed by atoms with E-state index in [1.807, 2.05) is 14.0 Å². The number of ether oxygens (including phenoxy) is 1. The zero-order valence-corrected chi connectivity index (χ0v) is 13.7. The molecule has 2 heterocycles. The Labute approximate surface area is 131 Å². The lowest BCUT2D eigenvalue weighted by Crippen LogP contribution is -2.53. The van der Waals surface area contributed by atoms with Gasteiger partial charge in [-0.05, 0) is 13.8 Å². The van der Waals surface area contributed by atoms with Crippen LogP contribution in [0.15, 0.2) is 6.33 Å². The van der Waals surface area contributed by atoms with E-state index in [4.69, 9.17) is 16.3 Å². The molecule has 1 saturated heterocycles. The van der Waals surface area contributed by atoms with Crippen LogP contribution in [-0.4, -0.2) is 67.4 Å². The molecular weight excluding hydrogens is 290 g/mol. The number of aromatic nitrogens is 2. The molecule has 6 nitrogen and oxygen atoms in total. The second-order valence-electron chi connectivity index (χ2n) is 5.14. The lowest BCUT2D eigenvalue weighted by Gasteiger charge is -2.40. The van der Waals surface area contributed by atoms with Crippen molar-refractivity contribution >= 4 is 23.1 Å². The molecule has 2 rings (SSSR count). The average molecular weight is 314 g/mol. The number of nitrogens with one attached hydrogen (secondary N) is 1. The summed E-state index contributed by atoms with van der Waals surface area (Å²) >= 11 is 6.13. The van der Waals surface area contributed by atoms with Crippen molar-refractivity contribution < 1.29 is 4.74 Å². The van der Waals surface area contributed by atoms with E-state index in [-0.39, 0.29) is 0 Å². The third-order valence-corrected chi connectivity index (χ3v) is 4.11. The van der Waals surface area contributed by atoms with Gasteiger partial charge >= 0.3 is 0 Å². The molecule has 1 atom stereocenters. The molecule has 0 aliphatic carbocycles. The van der Waals surface area contributed by atoms with Crippen molar-refractivity contribution in [1.82, 2.24) is 14.9 Å². The lowest BCUT2D eigenvalue weighted by atomic mass is 10.2. The van der Waals surface area contributed by atoms with Gasteiger partial charge in [0, 0.05) is 45.9 Å². The van der Waals surface area contributed by atoms with Crippen LogP contribution in [0.1, 0.15) is 13.8 Å². The number of hydrogen-bond acceptors (Lipinski definition) is 6. The quantitative estimate of drug-likeness (QED) is 0.637. The first-order chi connectivity index (χ1) is 10.2. The van der Waals surface area contributed by atoms with Crippen LogP contribution in [0, 0.1) is 0 Å². The first-order valence-electron chi connectivity index (χ1n) is 7.42. The smallest absolute Gasteiger partial charge is 0.157 e. The van der Waals surface area contributed by atoms with Gasteiger partial charge in [0.1, 0.15) is 12.0 Å². The maximum absolute atomic E-state index is 6.13. The van der Waals surface area contributed by atoms with Crippen molar-refractivity contribution in [2.45, 2.75) is 19.9 Å². The topological polar surface area (TPSA) is 53.5 Å². The fourth-order valence-electron chi connectivity index (χ4n) is 2.66. The van der Waals surface area contributed by atoms with Crippen LogP contribution in [0.25, 0.3) is 0 Å². The van der Waals surface area contributed by atoms with Crippen molar-refractivity contribution in [1.29, 1.82) is 0 Å². The van der Waals surface area contributed by atoms with E-state index >= 15 is 0 Å². The molecule has 1 aliphatic heterocycles. The van der Waals surface area contributed by atoms with Crippen LogP contribution >= 0.6 is 11.6 Å². The molecule has 21 heavy (non-hydrogen) atoms. The first-order valence-corrected chi connectivity index (χ1v) is 7.80. The van der Waals surface area contributed by atoms with Crippen molar-refractivity contribution in [2.75, 3.05) is 56.7 Å². The minimum absolute atomic E-state index is 0.456. The zero-order valence-electron chi connectivity index (χ0n) is 13.0. The minimum atomic E-state index is 0.456. The molecule has 0 radical (unpaired) electrons. The van der Waals surface area contributed by atoms with E-state index < -0.39 is 0 Å². The van der Waals surface area contributed by atoms with E-state index in [0.717, 1.165) is 50.9 Å². The normalized spacial score (nSPS) is 19.8. The number of hydrogen-bond donors (Lipinski definition) is 1. The van der Waals surface area contributed by atoms with Crippen molar-refractivity contribution in [3.05, 3.63) is 11.5 Å². The number of halogens is 1. The Bertz CT molecular complexity index is 459. The highest BCUT2D eigenvalue weighted by molar-refractivity contribution is 6.32. The molecule has 1 unspecified atom stereocenters. The van der Waals surface area contributed by atoms with Gasteiger partial charge in [-0.3, -0.25) is 4.90 Å². The van der Waals surface area contributed by atoms with Crippen LogP contribution < -0.4 is 10.2 Å². The van der Waals surface area contributed by atoms with Crippen LogP contribution in [0.5, 0.6) is 0 Å². The van der Waals surface area contributed by atoms with Gasteiger partial charge in [0.15, 0.2) is 11.0 Å². The van der Waals surface area contributed by atoms with Gasteiger partial charge in [0.25, 0.3) is 0 Å². The summed E-state index contributed by atoms with van der Waals surface area (Å²) in [7, 11) is 1.84. The molecule has 0 amide bonds. The van der Waals surface area contributed by atoms with Crippen LogP contribution in [0.4, 0.5) is 11.5 Å². The summed E-state index contributed by atoms with van der Waals surface area (Å²) in [6.45, 7) is 9.67. The SMILES string of the molecule is CCOCCN1CCN(c2ncnc(Cl)c2NC)CC1C. The van der Waals surface area contributed by atoms with Crippen LogP contribution in [0.3, 0.4) is 0 Å². The van der Waals surface area contributed by atoms with Gasteiger partial charge in [-0.25, -0.2) is 9.97 Å². The predicted octanol–water partition coefficient (Wildman–Crippen LogP) is 1.72. The molecule has 0 spiro atoms. The van der Waals surface area contributed by atoms with Gasteiger partial charge in [-0.15, -0.1) is 0 Å². The average Bonchev–Trinajstić information content (AvgIpc) is 2.49. The van der Waals surface area contributed by atoms with Crippen molar-refractivity contribution in [2.24, 2.45) is 0 Å². The standard InChI is InChI=1S/C14H24ClN5O/c1-4-21-8-7-19-5-6-20(9-11(19)2)14-12(16-3)13(15)17-10-18-14/h10-11,16H,4-9H2,1-3H3. The molecule has 0 aromatic carbocycles. The molecule has 118 valence electrons. The Morgan fingerprint density at radius 3 is 2.90 bits per heavy atom. The molecule has 1 aliphatic rings. The van der Waals surface area contributed by atoms with Gasteiger partial charge in [-0.1, -0.05) is 11.6 Å². The van der Waals surface area contributed by atoms with E-state index in [1.54, 1.807) is 0 Å². The molecule has 1 aromatic rings. The molecule has 1 N–H and O–H groups in total. The number of piperazine rings is 1. The Morgan fingerprint density at radius 1 is 1.43 bits per heavy atom. The van der Waals surface area contributed by atoms with E-state index in [2.05, 4.69) is 32.0 Å². The fourth-order valence-corrected chi connectivity index (χ4v) is 2.88. The van der Waals surface area contributed by atoms with Crippen molar-refractivity contribution in [3.8, 4) is 0 Å². The summed E-state index contributed by atoms with van der Waals surface area (Å²) in [6, 6.07) is 0.456. The number of rotatable bonds is 6. The van der Waals surface area contributed by atoms with E-state index in [0.29, 0.717) is 11.2 Å². The second-order valence-corrected chi connectivity index (χ2v) is 5.50. The Kier molecular flexibility index (Phi) is 6.02. The summed E-state index contributed by atoms with van der Waals surface area (Å²) in [6.07, 6.45) is 1.52.